The van der Waals surface area contributed by atoms with Gasteiger partial charge in [0.15, 0.2) is 11.8 Å². The Hall–Kier alpha value is -0.900. The fraction of sp³-hybridized carbons (Fsp3) is 0.864. The number of nitrogens with one attached hydrogen (secondary N) is 2. The highest BCUT2D eigenvalue weighted by atomic mass is 127. The summed E-state index contributed by atoms with van der Waals surface area (Å²) in [6.07, 6.45) is 9.99. The van der Waals surface area contributed by atoms with Crippen molar-refractivity contribution in [1.82, 2.24) is 30.3 Å². The Balaban J connectivity index is 0.00000320. The molecule has 172 valence electrons. The van der Waals surface area contributed by atoms with E-state index >= 15 is 0 Å². The monoisotopic (exact) mass is 531 g/mol. The van der Waals surface area contributed by atoms with E-state index in [4.69, 9.17) is 4.99 Å². The molecule has 2 aliphatic rings. The standard InChI is InChI=1S/C22H41N7.HI/c1-4-23-22(24-13-7-5-8-14-28-15-9-6-10-16-28)25-19-11-12-20-26-21(18(2)3)27-29(20)17-19;/h18-19H,4-17H2,1-3H3,(H2,23,24,25);1H. The van der Waals surface area contributed by atoms with Crippen molar-refractivity contribution in [2.24, 2.45) is 4.99 Å². The number of guanidine groups is 1. The average Bonchev–Trinajstić information content (AvgIpc) is 3.15. The van der Waals surface area contributed by atoms with Gasteiger partial charge in [0, 0.05) is 31.5 Å². The Bertz CT molecular complexity index is 637. The Kier molecular flexibility index (Phi) is 11.4. The van der Waals surface area contributed by atoms with Crippen LogP contribution in [0.2, 0.25) is 0 Å². The van der Waals surface area contributed by atoms with E-state index in [1.165, 1.54) is 58.2 Å². The molecule has 1 aromatic rings. The van der Waals surface area contributed by atoms with Gasteiger partial charge in [-0.2, -0.15) is 5.10 Å². The second kappa shape index (κ2) is 13.5. The molecule has 1 unspecified atom stereocenters. The number of aliphatic imine (C=N–C) groups is 1. The van der Waals surface area contributed by atoms with Gasteiger partial charge in [-0.3, -0.25) is 4.99 Å². The highest BCUT2D eigenvalue weighted by Gasteiger charge is 2.23. The van der Waals surface area contributed by atoms with Crippen molar-refractivity contribution in [1.29, 1.82) is 0 Å². The molecule has 0 saturated carbocycles. The zero-order valence-corrected chi connectivity index (χ0v) is 21.5. The number of hydrogen-bond acceptors (Lipinski definition) is 4. The van der Waals surface area contributed by atoms with Crippen molar-refractivity contribution in [2.45, 2.75) is 90.6 Å². The maximum absolute atomic E-state index is 4.82. The van der Waals surface area contributed by atoms with E-state index in [-0.39, 0.29) is 24.0 Å². The minimum atomic E-state index is 0. The van der Waals surface area contributed by atoms with Gasteiger partial charge in [0.2, 0.25) is 0 Å². The molecule has 1 saturated heterocycles. The zero-order valence-electron chi connectivity index (χ0n) is 19.2. The lowest BCUT2D eigenvalue weighted by atomic mass is 10.1. The fourth-order valence-electron chi connectivity index (χ4n) is 4.20. The third kappa shape index (κ3) is 7.98. The smallest absolute Gasteiger partial charge is 0.191 e. The Morgan fingerprint density at radius 2 is 1.97 bits per heavy atom. The Morgan fingerprint density at radius 3 is 2.70 bits per heavy atom. The second-order valence-electron chi connectivity index (χ2n) is 8.83. The van der Waals surface area contributed by atoms with E-state index in [0.29, 0.717) is 12.0 Å². The number of nitrogens with zero attached hydrogens (tertiary/aromatic N) is 5. The first-order chi connectivity index (χ1) is 14.2. The van der Waals surface area contributed by atoms with Gasteiger partial charge in [-0.25, -0.2) is 9.67 Å². The molecule has 1 fully saturated rings. The van der Waals surface area contributed by atoms with Crippen LogP contribution in [0.1, 0.15) is 83.3 Å². The van der Waals surface area contributed by atoms with Crippen LogP contribution in [-0.4, -0.2) is 64.4 Å². The fourth-order valence-corrected chi connectivity index (χ4v) is 4.20. The summed E-state index contributed by atoms with van der Waals surface area (Å²) in [4.78, 5) is 12.1. The molecule has 0 aromatic carbocycles. The summed E-state index contributed by atoms with van der Waals surface area (Å²) in [5.74, 6) is 3.42. The summed E-state index contributed by atoms with van der Waals surface area (Å²) >= 11 is 0. The molecule has 7 nitrogen and oxygen atoms in total. The van der Waals surface area contributed by atoms with Crippen molar-refractivity contribution in [2.75, 3.05) is 32.7 Å². The highest BCUT2D eigenvalue weighted by molar-refractivity contribution is 14.0. The first-order valence-electron chi connectivity index (χ1n) is 11.9. The van der Waals surface area contributed by atoms with Crippen LogP contribution in [0.15, 0.2) is 4.99 Å². The molecule has 1 aromatic heterocycles. The number of hydrogen-bond donors (Lipinski definition) is 2. The van der Waals surface area contributed by atoms with Crippen LogP contribution in [0.5, 0.6) is 0 Å². The van der Waals surface area contributed by atoms with Crippen molar-refractivity contribution in [3.05, 3.63) is 11.6 Å². The molecule has 0 bridgehead atoms. The van der Waals surface area contributed by atoms with Gasteiger partial charge >= 0.3 is 0 Å². The van der Waals surface area contributed by atoms with Gasteiger partial charge in [0.1, 0.15) is 5.82 Å². The molecule has 1 atom stereocenters. The normalized spacial score (nSPS) is 20.0. The molecule has 0 amide bonds. The molecule has 3 rings (SSSR count). The molecule has 3 heterocycles. The van der Waals surface area contributed by atoms with E-state index in [1.54, 1.807) is 0 Å². The van der Waals surface area contributed by atoms with Crippen LogP contribution in [0, 0.1) is 0 Å². The topological polar surface area (TPSA) is 70.4 Å². The number of aromatic nitrogens is 3. The van der Waals surface area contributed by atoms with Crippen molar-refractivity contribution < 1.29 is 0 Å². The molecular weight excluding hydrogens is 489 g/mol. The molecule has 0 aliphatic carbocycles. The highest BCUT2D eigenvalue weighted by Crippen LogP contribution is 2.17. The third-order valence-electron chi connectivity index (χ3n) is 5.93. The van der Waals surface area contributed by atoms with Crippen LogP contribution in [0.25, 0.3) is 0 Å². The van der Waals surface area contributed by atoms with Crippen LogP contribution < -0.4 is 10.6 Å². The van der Waals surface area contributed by atoms with E-state index in [0.717, 1.165) is 50.1 Å². The van der Waals surface area contributed by atoms with E-state index in [1.807, 2.05) is 0 Å². The molecule has 30 heavy (non-hydrogen) atoms. The van der Waals surface area contributed by atoms with Crippen LogP contribution in [0.3, 0.4) is 0 Å². The van der Waals surface area contributed by atoms with Crippen LogP contribution in [0.4, 0.5) is 0 Å². The van der Waals surface area contributed by atoms with Gasteiger partial charge in [0.05, 0.1) is 6.54 Å². The van der Waals surface area contributed by atoms with Crippen molar-refractivity contribution in [3.8, 4) is 0 Å². The number of aryl methyl sites for hydroxylation is 1. The van der Waals surface area contributed by atoms with Gasteiger partial charge in [0.25, 0.3) is 0 Å². The number of likely N-dealkylation sites (tertiary alicyclic amines) is 1. The van der Waals surface area contributed by atoms with Crippen molar-refractivity contribution >= 4 is 29.9 Å². The van der Waals surface area contributed by atoms with Crippen LogP contribution in [-0.2, 0) is 13.0 Å². The van der Waals surface area contributed by atoms with Gasteiger partial charge in [-0.15, -0.1) is 24.0 Å². The third-order valence-corrected chi connectivity index (χ3v) is 5.93. The number of fused-ring (bicyclic) bond motifs is 1. The summed E-state index contributed by atoms with van der Waals surface area (Å²) < 4.78 is 2.08. The molecule has 8 heteroatoms. The maximum atomic E-state index is 4.82. The molecule has 2 aliphatic heterocycles. The number of halogens is 1. The summed E-state index contributed by atoms with van der Waals surface area (Å²) in [5.41, 5.74) is 0. The van der Waals surface area contributed by atoms with Gasteiger partial charge in [-0.1, -0.05) is 26.7 Å². The first-order valence-corrected chi connectivity index (χ1v) is 11.9. The first kappa shape index (κ1) is 25.4. The number of rotatable bonds is 9. The second-order valence-corrected chi connectivity index (χ2v) is 8.83. The SMILES string of the molecule is CCNC(=NCCCCCN1CCCCC1)NC1CCc2nc(C(C)C)nn2C1.I. The predicted octanol–water partition coefficient (Wildman–Crippen LogP) is 3.55. The van der Waals surface area contributed by atoms with E-state index in [2.05, 4.69) is 51.1 Å². The van der Waals surface area contributed by atoms with E-state index < -0.39 is 0 Å². The van der Waals surface area contributed by atoms with Gasteiger partial charge < -0.3 is 15.5 Å². The minimum absolute atomic E-state index is 0. The predicted molar refractivity (Wildman–Crippen MR) is 135 cm³/mol. The quantitative estimate of drug-likeness (QED) is 0.221. The number of piperidine rings is 1. The zero-order chi connectivity index (χ0) is 20.5. The Labute approximate surface area is 199 Å². The minimum Gasteiger partial charge on any atom is -0.357 e. The lowest BCUT2D eigenvalue weighted by Gasteiger charge is -2.26. The van der Waals surface area contributed by atoms with Crippen molar-refractivity contribution in [3.63, 3.8) is 0 Å². The maximum Gasteiger partial charge on any atom is 0.191 e. The average molecular weight is 532 g/mol. The molecule has 0 spiro atoms. The molecular formula is C22H42IN7. The molecule has 2 N–H and O–H groups in total. The summed E-state index contributed by atoms with van der Waals surface area (Å²) in [6, 6.07) is 0.362. The lowest BCUT2D eigenvalue weighted by molar-refractivity contribution is 0.224. The molecule has 0 radical (unpaired) electrons. The van der Waals surface area contributed by atoms with E-state index in [9.17, 15) is 0 Å². The Morgan fingerprint density at radius 1 is 1.17 bits per heavy atom. The van der Waals surface area contributed by atoms with Gasteiger partial charge in [-0.05, 0) is 58.7 Å². The summed E-state index contributed by atoms with van der Waals surface area (Å²) in [6.45, 7) is 13.0. The lowest BCUT2D eigenvalue weighted by Crippen LogP contribution is -2.47. The van der Waals surface area contributed by atoms with Crippen LogP contribution >= 0.6 is 24.0 Å². The summed E-state index contributed by atoms with van der Waals surface area (Å²) in [5, 5.41) is 11.7. The largest absolute Gasteiger partial charge is 0.357 e. The summed E-state index contributed by atoms with van der Waals surface area (Å²) in [7, 11) is 0. The number of unbranched alkanes of at least 4 members (excludes halogenated alkanes) is 2.